The predicted molar refractivity (Wildman–Crippen MR) is 158 cm³/mol. The van der Waals surface area contributed by atoms with Crippen molar-refractivity contribution in [3.05, 3.63) is 129 Å². The van der Waals surface area contributed by atoms with Crippen LogP contribution in [0.1, 0.15) is 27.8 Å². The number of benzene rings is 4. The molecule has 0 unspecified atom stereocenters. The molecule has 5 rings (SSSR count). The van der Waals surface area contributed by atoms with Gasteiger partial charge in [-0.1, -0.05) is 88.9 Å². The largest absolute Gasteiger partial charge is 0.489 e. The van der Waals surface area contributed by atoms with Gasteiger partial charge in [0.2, 0.25) is 5.88 Å². The van der Waals surface area contributed by atoms with Gasteiger partial charge in [0.25, 0.3) is 0 Å². The molecule has 0 bridgehead atoms. The summed E-state index contributed by atoms with van der Waals surface area (Å²) in [6, 6.07) is 31.2. The maximum Gasteiger partial charge on any atom is 0.238 e. The van der Waals surface area contributed by atoms with Crippen molar-refractivity contribution in [2.75, 3.05) is 0 Å². The Balaban J connectivity index is 1.42. The Hall–Kier alpha value is -4.30. The Labute approximate surface area is 237 Å². The summed E-state index contributed by atoms with van der Waals surface area (Å²) < 4.78 is 12.1. The molecule has 0 saturated heterocycles. The molecule has 1 heterocycles. The van der Waals surface area contributed by atoms with Crippen LogP contribution in [0, 0.1) is 25.2 Å². The average molecular weight is 551 g/mol. The zero-order valence-electron chi connectivity index (χ0n) is 21.4. The zero-order valence-corrected chi connectivity index (χ0v) is 22.9. The van der Waals surface area contributed by atoms with Gasteiger partial charge in [-0.25, -0.2) is 4.99 Å². The molecule has 0 saturated carbocycles. The van der Waals surface area contributed by atoms with Gasteiger partial charge in [-0.3, -0.25) is 0 Å². The SMILES string of the molecule is Cc1ccc(-c2oc(N=Cc3ccc(OCc4ccc(Cl)cc4Cl)cc3)c(C#N)c2-c2ccc(C)cc2)cc1. The van der Waals surface area contributed by atoms with Crippen molar-refractivity contribution in [1.82, 2.24) is 0 Å². The average Bonchev–Trinajstić information content (AvgIpc) is 3.31. The van der Waals surface area contributed by atoms with Crippen LogP contribution in [0.25, 0.3) is 22.5 Å². The number of nitrogens with zero attached hydrogens (tertiary/aromatic N) is 2. The first-order valence-corrected chi connectivity index (χ1v) is 13.1. The molecule has 192 valence electrons. The van der Waals surface area contributed by atoms with Crippen LogP contribution in [0.5, 0.6) is 5.75 Å². The van der Waals surface area contributed by atoms with Gasteiger partial charge in [0.1, 0.15) is 29.7 Å². The minimum atomic E-state index is 0.265. The van der Waals surface area contributed by atoms with Gasteiger partial charge in [0.15, 0.2) is 0 Å². The van der Waals surface area contributed by atoms with Crippen molar-refractivity contribution in [2.45, 2.75) is 20.5 Å². The number of aliphatic imine (C=N–C) groups is 1. The number of ether oxygens (including phenoxy) is 1. The van der Waals surface area contributed by atoms with Crippen LogP contribution < -0.4 is 4.74 Å². The van der Waals surface area contributed by atoms with Crippen molar-refractivity contribution in [2.24, 2.45) is 4.99 Å². The third-order valence-electron chi connectivity index (χ3n) is 6.28. The van der Waals surface area contributed by atoms with E-state index in [0.29, 0.717) is 33.7 Å². The lowest BCUT2D eigenvalue weighted by Crippen LogP contribution is -1.96. The minimum Gasteiger partial charge on any atom is -0.489 e. The second-order valence-corrected chi connectivity index (χ2v) is 10.0. The first kappa shape index (κ1) is 26.3. The molecule has 5 aromatic rings. The summed E-state index contributed by atoms with van der Waals surface area (Å²) in [5, 5.41) is 11.3. The van der Waals surface area contributed by atoms with Gasteiger partial charge in [-0.2, -0.15) is 5.26 Å². The summed E-state index contributed by atoms with van der Waals surface area (Å²) in [6.07, 6.45) is 1.68. The van der Waals surface area contributed by atoms with Crippen molar-refractivity contribution in [3.8, 4) is 34.3 Å². The smallest absolute Gasteiger partial charge is 0.238 e. The second-order valence-electron chi connectivity index (χ2n) is 9.18. The molecule has 0 atom stereocenters. The van der Waals surface area contributed by atoms with E-state index in [4.69, 9.17) is 32.4 Å². The predicted octanol–water partition coefficient (Wildman–Crippen LogP) is 9.74. The normalized spacial score (nSPS) is 11.1. The first-order valence-electron chi connectivity index (χ1n) is 12.3. The standard InChI is InChI=1S/C33H24Cl2N2O2/c1-21-3-9-24(10-4-21)31-29(18-36)33(39-32(31)25-11-5-22(2)6-12-25)37-19-23-7-15-28(16-8-23)38-20-26-13-14-27(34)17-30(26)35/h3-17,19H,20H2,1-2H3. The molecule has 0 amide bonds. The summed E-state index contributed by atoms with van der Waals surface area (Å²) in [6.45, 7) is 4.39. The Morgan fingerprint density at radius 2 is 1.49 bits per heavy atom. The Bertz CT molecular complexity index is 1680. The van der Waals surface area contributed by atoms with Crippen LogP contribution in [0.3, 0.4) is 0 Å². The van der Waals surface area contributed by atoms with Crippen molar-refractivity contribution in [1.29, 1.82) is 5.26 Å². The van der Waals surface area contributed by atoms with Gasteiger partial charge < -0.3 is 9.15 Å². The van der Waals surface area contributed by atoms with Gasteiger partial charge in [0, 0.05) is 33.0 Å². The maximum absolute atomic E-state index is 10.1. The number of rotatable bonds is 7. The second kappa shape index (κ2) is 11.6. The molecular weight excluding hydrogens is 527 g/mol. The Morgan fingerprint density at radius 3 is 2.10 bits per heavy atom. The number of furan rings is 1. The Kier molecular flexibility index (Phi) is 7.84. The van der Waals surface area contributed by atoms with Crippen molar-refractivity contribution in [3.63, 3.8) is 0 Å². The van der Waals surface area contributed by atoms with E-state index in [1.807, 2.05) is 92.7 Å². The molecular formula is C33H24Cl2N2O2. The number of halogens is 2. The molecule has 0 aliphatic rings. The van der Waals surface area contributed by atoms with E-state index >= 15 is 0 Å². The molecule has 4 aromatic carbocycles. The zero-order chi connectivity index (χ0) is 27.4. The van der Waals surface area contributed by atoms with E-state index in [9.17, 15) is 5.26 Å². The van der Waals surface area contributed by atoms with E-state index in [-0.39, 0.29) is 5.88 Å². The lowest BCUT2D eigenvalue weighted by Gasteiger charge is -2.08. The molecule has 6 heteroatoms. The van der Waals surface area contributed by atoms with Gasteiger partial charge in [0.05, 0.1) is 0 Å². The number of hydrogen-bond acceptors (Lipinski definition) is 4. The summed E-state index contributed by atoms with van der Waals surface area (Å²) in [5.74, 6) is 1.57. The van der Waals surface area contributed by atoms with Gasteiger partial charge >= 0.3 is 0 Å². The molecule has 1 aromatic heterocycles. The fourth-order valence-corrected chi connectivity index (χ4v) is 4.56. The monoisotopic (exact) mass is 550 g/mol. The van der Waals surface area contributed by atoms with E-state index in [1.165, 1.54) is 0 Å². The molecule has 0 fully saturated rings. The summed E-state index contributed by atoms with van der Waals surface area (Å²) in [4.78, 5) is 4.57. The molecule has 39 heavy (non-hydrogen) atoms. The summed E-state index contributed by atoms with van der Waals surface area (Å²) in [5.41, 5.74) is 6.88. The number of hydrogen-bond donors (Lipinski definition) is 0. The van der Waals surface area contributed by atoms with Crippen LogP contribution in [0.15, 0.2) is 100 Å². The highest BCUT2D eigenvalue weighted by atomic mass is 35.5. The third kappa shape index (κ3) is 6.07. The number of nitriles is 1. The summed E-state index contributed by atoms with van der Waals surface area (Å²) in [7, 11) is 0. The Morgan fingerprint density at radius 1 is 0.846 bits per heavy atom. The maximum atomic E-state index is 10.1. The quantitative estimate of drug-likeness (QED) is 0.189. The lowest BCUT2D eigenvalue weighted by atomic mass is 9.97. The van der Waals surface area contributed by atoms with Crippen molar-refractivity contribution >= 4 is 35.3 Å². The van der Waals surface area contributed by atoms with Crippen LogP contribution >= 0.6 is 23.2 Å². The highest BCUT2D eigenvalue weighted by Crippen LogP contribution is 2.42. The number of aryl methyl sites for hydroxylation is 2. The van der Waals surface area contributed by atoms with E-state index in [0.717, 1.165) is 38.9 Å². The highest BCUT2D eigenvalue weighted by molar-refractivity contribution is 6.35. The van der Waals surface area contributed by atoms with Crippen LogP contribution in [0.2, 0.25) is 10.0 Å². The van der Waals surface area contributed by atoms with Crippen LogP contribution in [-0.4, -0.2) is 6.21 Å². The van der Waals surface area contributed by atoms with E-state index < -0.39 is 0 Å². The third-order valence-corrected chi connectivity index (χ3v) is 6.86. The molecule has 0 N–H and O–H groups in total. The van der Waals surface area contributed by atoms with Gasteiger partial charge in [-0.05, 0) is 61.4 Å². The van der Waals surface area contributed by atoms with E-state index in [1.54, 1.807) is 18.3 Å². The van der Waals surface area contributed by atoms with Crippen molar-refractivity contribution < 1.29 is 9.15 Å². The molecule has 0 radical (unpaired) electrons. The van der Waals surface area contributed by atoms with Crippen LogP contribution in [-0.2, 0) is 6.61 Å². The minimum absolute atomic E-state index is 0.265. The highest BCUT2D eigenvalue weighted by Gasteiger charge is 2.22. The molecule has 4 nitrogen and oxygen atoms in total. The first-order chi connectivity index (χ1) is 18.9. The van der Waals surface area contributed by atoms with Gasteiger partial charge in [-0.15, -0.1) is 0 Å². The topological polar surface area (TPSA) is 58.5 Å². The lowest BCUT2D eigenvalue weighted by molar-refractivity contribution is 0.306. The van der Waals surface area contributed by atoms with Crippen LogP contribution in [0.4, 0.5) is 5.88 Å². The fourth-order valence-electron chi connectivity index (χ4n) is 4.10. The molecule has 0 aliphatic carbocycles. The molecule has 0 spiro atoms. The van der Waals surface area contributed by atoms with E-state index in [2.05, 4.69) is 11.1 Å². The molecule has 0 aliphatic heterocycles. The fraction of sp³-hybridized carbons (Fsp3) is 0.0909. The summed E-state index contributed by atoms with van der Waals surface area (Å²) >= 11 is 12.2.